The molecule has 3 rings (SSSR count). The lowest BCUT2D eigenvalue weighted by Crippen LogP contribution is -2.54. The van der Waals surface area contributed by atoms with Gasteiger partial charge in [-0.25, -0.2) is 0 Å². The van der Waals surface area contributed by atoms with Crippen molar-refractivity contribution in [1.29, 1.82) is 0 Å². The number of hydrogen-bond donors (Lipinski definition) is 1. The van der Waals surface area contributed by atoms with Crippen LogP contribution in [0.15, 0.2) is 18.2 Å². The number of piperidine rings is 1. The van der Waals surface area contributed by atoms with Gasteiger partial charge in [-0.2, -0.15) is 0 Å². The number of fused-ring (bicyclic) bond motifs is 1. The van der Waals surface area contributed by atoms with Crippen LogP contribution < -0.4 is 10.6 Å². The monoisotopic (exact) mass is 279 g/mol. The summed E-state index contributed by atoms with van der Waals surface area (Å²) in [5.74, 6) is 0. The minimum Gasteiger partial charge on any atom is -0.369 e. The van der Waals surface area contributed by atoms with E-state index >= 15 is 0 Å². The first kappa shape index (κ1) is 13.2. The first-order valence-corrected chi connectivity index (χ1v) is 7.63. The largest absolute Gasteiger partial charge is 0.369 e. The topological polar surface area (TPSA) is 32.5 Å². The zero-order valence-corrected chi connectivity index (χ0v) is 12.1. The predicted molar refractivity (Wildman–Crippen MR) is 80.8 cm³/mol. The van der Waals surface area contributed by atoms with Gasteiger partial charge in [0.05, 0.1) is 0 Å². The molecule has 2 fully saturated rings. The lowest BCUT2D eigenvalue weighted by atomic mass is 9.99. The van der Waals surface area contributed by atoms with Gasteiger partial charge in [-0.3, -0.25) is 4.90 Å². The molecule has 1 aromatic carbocycles. The van der Waals surface area contributed by atoms with Crippen molar-refractivity contribution in [2.75, 3.05) is 31.1 Å². The third-order valence-corrected chi connectivity index (χ3v) is 4.81. The molecule has 2 saturated heterocycles. The van der Waals surface area contributed by atoms with E-state index in [1.807, 2.05) is 0 Å². The predicted octanol–water partition coefficient (Wildman–Crippen LogP) is 2.47. The molecule has 2 aliphatic heterocycles. The van der Waals surface area contributed by atoms with E-state index in [2.05, 4.69) is 28.0 Å². The fourth-order valence-electron chi connectivity index (χ4n) is 3.29. The molecule has 0 spiro atoms. The number of nitrogens with zero attached hydrogens (tertiary/aromatic N) is 2. The molecule has 0 bridgehead atoms. The van der Waals surface area contributed by atoms with E-state index < -0.39 is 0 Å². The average molecular weight is 280 g/mol. The van der Waals surface area contributed by atoms with Gasteiger partial charge in [0.25, 0.3) is 0 Å². The van der Waals surface area contributed by atoms with Crippen molar-refractivity contribution in [3.05, 3.63) is 28.8 Å². The summed E-state index contributed by atoms with van der Waals surface area (Å²) in [6, 6.07) is 7.02. The Morgan fingerprint density at radius 3 is 2.89 bits per heavy atom. The molecule has 2 N–H and O–H groups in total. The van der Waals surface area contributed by atoms with Gasteiger partial charge in [0, 0.05) is 42.9 Å². The van der Waals surface area contributed by atoms with Gasteiger partial charge in [0.1, 0.15) is 0 Å². The lowest BCUT2D eigenvalue weighted by Gasteiger charge is -2.45. The molecule has 104 valence electrons. The van der Waals surface area contributed by atoms with Crippen molar-refractivity contribution in [2.24, 2.45) is 5.73 Å². The molecule has 2 aliphatic rings. The smallest absolute Gasteiger partial charge is 0.0471 e. The average Bonchev–Trinajstić information content (AvgIpc) is 2.46. The second-order valence-corrected chi connectivity index (χ2v) is 6.02. The standard InChI is InChI=1S/C15H22ClN3/c16-15-9-13(5-4-12(15)10-17)19-8-7-18-6-2-1-3-14(18)11-19/h4-5,9,14H,1-3,6-8,10-11,17H2. The Morgan fingerprint density at radius 2 is 2.11 bits per heavy atom. The molecule has 0 aliphatic carbocycles. The maximum Gasteiger partial charge on any atom is 0.0471 e. The zero-order chi connectivity index (χ0) is 13.2. The molecule has 0 amide bonds. The highest BCUT2D eigenvalue weighted by Crippen LogP contribution is 2.28. The van der Waals surface area contributed by atoms with Gasteiger partial charge in [-0.05, 0) is 37.1 Å². The summed E-state index contributed by atoms with van der Waals surface area (Å²) in [5.41, 5.74) is 7.93. The normalized spacial score (nSPS) is 24.3. The van der Waals surface area contributed by atoms with Gasteiger partial charge in [-0.1, -0.05) is 24.1 Å². The van der Waals surface area contributed by atoms with Crippen LogP contribution >= 0.6 is 11.6 Å². The molecule has 1 unspecified atom stereocenters. The summed E-state index contributed by atoms with van der Waals surface area (Å²) < 4.78 is 0. The summed E-state index contributed by atoms with van der Waals surface area (Å²) in [4.78, 5) is 5.12. The van der Waals surface area contributed by atoms with E-state index in [1.165, 1.54) is 38.0 Å². The fourth-order valence-corrected chi connectivity index (χ4v) is 3.54. The Morgan fingerprint density at radius 1 is 1.21 bits per heavy atom. The highest BCUT2D eigenvalue weighted by molar-refractivity contribution is 6.31. The Labute approximate surface area is 120 Å². The minimum absolute atomic E-state index is 0.509. The number of hydrogen-bond acceptors (Lipinski definition) is 3. The molecule has 4 heteroatoms. The highest BCUT2D eigenvalue weighted by atomic mass is 35.5. The van der Waals surface area contributed by atoms with Crippen LogP contribution in [0.5, 0.6) is 0 Å². The van der Waals surface area contributed by atoms with Gasteiger partial charge < -0.3 is 10.6 Å². The number of piperazine rings is 1. The van der Waals surface area contributed by atoms with E-state index in [0.29, 0.717) is 6.54 Å². The van der Waals surface area contributed by atoms with Crippen molar-refractivity contribution in [1.82, 2.24) is 4.90 Å². The van der Waals surface area contributed by atoms with Crippen LogP contribution in [-0.4, -0.2) is 37.1 Å². The van der Waals surface area contributed by atoms with Crippen LogP contribution in [0.2, 0.25) is 5.02 Å². The SMILES string of the molecule is NCc1ccc(N2CCN3CCCCC3C2)cc1Cl. The highest BCUT2D eigenvalue weighted by Gasteiger charge is 2.28. The van der Waals surface area contributed by atoms with E-state index in [-0.39, 0.29) is 0 Å². The van der Waals surface area contributed by atoms with E-state index in [1.54, 1.807) is 0 Å². The Hall–Kier alpha value is -0.770. The molecule has 1 aromatic rings. The molecule has 3 nitrogen and oxygen atoms in total. The van der Waals surface area contributed by atoms with Crippen LogP contribution in [0.1, 0.15) is 24.8 Å². The number of anilines is 1. The third kappa shape index (κ3) is 2.73. The van der Waals surface area contributed by atoms with Crippen LogP contribution in [0.25, 0.3) is 0 Å². The van der Waals surface area contributed by atoms with Gasteiger partial charge in [-0.15, -0.1) is 0 Å². The quantitative estimate of drug-likeness (QED) is 0.903. The minimum atomic E-state index is 0.509. The van der Waals surface area contributed by atoms with Gasteiger partial charge in [0.2, 0.25) is 0 Å². The summed E-state index contributed by atoms with van der Waals surface area (Å²) in [7, 11) is 0. The van der Waals surface area contributed by atoms with Crippen LogP contribution in [0, 0.1) is 0 Å². The van der Waals surface area contributed by atoms with E-state index in [4.69, 9.17) is 17.3 Å². The molecule has 1 atom stereocenters. The molecule has 0 aromatic heterocycles. The third-order valence-electron chi connectivity index (χ3n) is 4.46. The molecule has 0 saturated carbocycles. The van der Waals surface area contributed by atoms with E-state index in [0.717, 1.165) is 29.7 Å². The first-order chi connectivity index (χ1) is 9.28. The zero-order valence-electron chi connectivity index (χ0n) is 11.3. The van der Waals surface area contributed by atoms with Crippen LogP contribution in [0.4, 0.5) is 5.69 Å². The van der Waals surface area contributed by atoms with Gasteiger partial charge >= 0.3 is 0 Å². The van der Waals surface area contributed by atoms with E-state index in [9.17, 15) is 0 Å². The first-order valence-electron chi connectivity index (χ1n) is 7.25. The second-order valence-electron chi connectivity index (χ2n) is 5.61. The maximum absolute atomic E-state index is 6.27. The second kappa shape index (κ2) is 5.70. The Bertz CT molecular complexity index is 449. The van der Waals surface area contributed by atoms with Crippen molar-refractivity contribution in [3.63, 3.8) is 0 Å². The molecular weight excluding hydrogens is 258 g/mol. The van der Waals surface area contributed by atoms with Crippen molar-refractivity contribution >= 4 is 17.3 Å². The van der Waals surface area contributed by atoms with Crippen molar-refractivity contribution < 1.29 is 0 Å². The summed E-state index contributed by atoms with van der Waals surface area (Å²) in [6.45, 7) is 5.22. The number of nitrogens with two attached hydrogens (primary N) is 1. The van der Waals surface area contributed by atoms with Crippen LogP contribution in [0.3, 0.4) is 0 Å². The maximum atomic E-state index is 6.27. The van der Waals surface area contributed by atoms with Crippen molar-refractivity contribution in [3.8, 4) is 0 Å². The summed E-state index contributed by atoms with van der Waals surface area (Å²) >= 11 is 6.27. The number of halogens is 1. The molecular formula is C15H22ClN3. The molecule has 19 heavy (non-hydrogen) atoms. The van der Waals surface area contributed by atoms with Crippen molar-refractivity contribution in [2.45, 2.75) is 31.8 Å². The molecule has 0 radical (unpaired) electrons. The Kier molecular flexibility index (Phi) is 3.96. The Balaban J connectivity index is 1.74. The number of benzene rings is 1. The van der Waals surface area contributed by atoms with Crippen LogP contribution in [-0.2, 0) is 6.54 Å². The molecule has 2 heterocycles. The number of rotatable bonds is 2. The summed E-state index contributed by atoms with van der Waals surface area (Å²) in [5, 5.41) is 0.797. The van der Waals surface area contributed by atoms with Gasteiger partial charge in [0.15, 0.2) is 0 Å². The summed E-state index contributed by atoms with van der Waals surface area (Å²) in [6.07, 6.45) is 4.08. The lowest BCUT2D eigenvalue weighted by molar-refractivity contribution is 0.133. The fraction of sp³-hybridized carbons (Fsp3) is 0.600.